The molecular weight excluding hydrogens is 1130 g/mol. The summed E-state index contributed by atoms with van der Waals surface area (Å²) < 4.78 is 187. The number of rotatable bonds is 11. The number of nitrogens with zero attached hydrogens (tertiary/aromatic N) is 4. The third kappa shape index (κ3) is 21.6. The van der Waals surface area contributed by atoms with E-state index in [0.717, 1.165) is 24.3 Å². The summed E-state index contributed by atoms with van der Waals surface area (Å²) in [6.07, 6.45) is 0. The number of hydrogen-bond acceptors (Lipinski definition) is 23. The second-order valence-corrected chi connectivity index (χ2v) is 20.2. The number of azo groups is 2. The van der Waals surface area contributed by atoms with Crippen molar-refractivity contribution in [3.05, 3.63) is 80.6 Å². The maximum absolute atomic E-state index is 12.4. The number of hydrogen-bond donors (Lipinski definition) is 5. The summed E-state index contributed by atoms with van der Waals surface area (Å²) in [5.41, 5.74) is -0.784. The molecular formula is C31H26CuN5Na5O20S6-2. The van der Waals surface area contributed by atoms with Gasteiger partial charge in [0.2, 0.25) is 20.8 Å². The van der Waals surface area contributed by atoms with Crippen LogP contribution < -0.4 is 153 Å². The number of fused-ring (bicyclic) bond motifs is 2. The van der Waals surface area contributed by atoms with Gasteiger partial charge in [-0.05, 0) is 47.9 Å². The van der Waals surface area contributed by atoms with Crippen LogP contribution in [0.15, 0.2) is 101 Å². The second kappa shape index (κ2) is 29.9. The molecule has 0 aliphatic carbocycles. The number of aromatic hydroxyl groups is 2. The first-order valence-electron chi connectivity index (χ1n) is 15.7. The van der Waals surface area contributed by atoms with Gasteiger partial charge in [-0.3, -0.25) is 9.11 Å². The molecule has 5 rings (SSSR count). The minimum atomic E-state index is -5.32. The molecule has 0 saturated carbocycles. The Morgan fingerprint density at radius 2 is 1.04 bits per heavy atom. The van der Waals surface area contributed by atoms with E-state index in [1.54, 1.807) is 0 Å². The molecule has 0 amide bonds. The third-order valence-corrected chi connectivity index (χ3v) is 12.3. The van der Waals surface area contributed by atoms with Gasteiger partial charge in [0.15, 0.2) is 25.4 Å². The molecule has 0 fully saturated rings. The molecule has 0 saturated heterocycles. The molecule has 0 aliphatic rings. The summed E-state index contributed by atoms with van der Waals surface area (Å²) in [6.45, 7) is 6.59. The van der Waals surface area contributed by atoms with Crippen LogP contribution in [0.1, 0.15) is 0 Å². The largest absolute Gasteiger partial charge is 1.00 e. The van der Waals surface area contributed by atoms with Gasteiger partial charge in [-0.25, -0.2) is 50.5 Å². The molecule has 0 aliphatic heterocycles. The van der Waals surface area contributed by atoms with Crippen LogP contribution in [0, 0.1) is 19.9 Å². The fraction of sp³-hybridized carbons (Fsp3) is 0.0968. The number of anilines is 1. The molecule has 1 radical (unpaired) electrons. The number of phenols is 2. The van der Waals surface area contributed by atoms with Crippen molar-refractivity contribution >= 4 is 111 Å². The predicted molar refractivity (Wildman–Crippen MR) is 210 cm³/mol. The van der Waals surface area contributed by atoms with Crippen molar-refractivity contribution < 1.29 is 253 Å². The second-order valence-electron chi connectivity index (χ2n) is 11.5. The normalized spacial score (nSPS) is 11.7. The van der Waals surface area contributed by atoms with Crippen molar-refractivity contribution in [3.8, 4) is 11.5 Å². The van der Waals surface area contributed by atoms with E-state index >= 15 is 0 Å². The van der Waals surface area contributed by atoms with E-state index in [1.807, 2.05) is 0 Å². The van der Waals surface area contributed by atoms with Gasteiger partial charge in [-0.2, -0.15) is 27.5 Å². The molecule has 0 aromatic heterocycles. The van der Waals surface area contributed by atoms with Gasteiger partial charge in [-0.1, -0.05) is 34.4 Å². The molecule has 349 valence electrons. The third-order valence-electron chi connectivity index (χ3n) is 7.57. The van der Waals surface area contributed by atoms with Crippen LogP contribution in [0.2, 0.25) is 0 Å². The monoisotopic (exact) mass is 1160 g/mol. The first kappa shape index (κ1) is 74.7. The van der Waals surface area contributed by atoms with Gasteiger partial charge >= 0.3 is 148 Å². The summed E-state index contributed by atoms with van der Waals surface area (Å²) in [5, 5.41) is 40.3. The van der Waals surface area contributed by atoms with Crippen LogP contribution in [0.3, 0.4) is 0 Å². The average molecular weight is 1160 g/mol. The Hall–Kier alpha value is 0.199. The minimum Gasteiger partial charge on any atom is -0.744 e. The predicted octanol–water partition coefficient (Wildman–Crippen LogP) is -11.9. The molecule has 0 spiro atoms. The van der Waals surface area contributed by atoms with Crippen molar-refractivity contribution in [1.82, 2.24) is 0 Å². The fourth-order valence-corrected chi connectivity index (χ4v) is 8.10. The van der Waals surface area contributed by atoms with Crippen molar-refractivity contribution in [2.75, 3.05) is 23.9 Å². The molecule has 37 heteroatoms. The van der Waals surface area contributed by atoms with Gasteiger partial charge in [0, 0.05) is 46.6 Å². The Morgan fingerprint density at radius 1 is 0.588 bits per heavy atom. The molecule has 25 nitrogen and oxygen atoms in total. The molecule has 0 unspecified atom stereocenters. The Bertz CT molecular complexity index is 3310. The van der Waals surface area contributed by atoms with Crippen LogP contribution in [-0.2, 0) is 77.8 Å². The molecule has 0 atom stereocenters. The summed E-state index contributed by atoms with van der Waals surface area (Å²) in [7, 11) is -26.9. The van der Waals surface area contributed by atoms with E-state index in [0.29, 0.717) is 17.8 Å². The molecule has 0 heterocycles. The van der Waals surface area contributed by atoms with Gasteiger partial charge in [0.05, 0.1) is 25.3 Å². The Labute approximate surface area is 511 Å². The van der Waals surface area contributed by atoms with Crippen LogP contribution in [0.25, 0.3) is 21.5 Å². The summed E-state index contributed by atoms with van der Waals surface area (Å²) in [5.74, 6) is -2.57. The van der Waals surface area contributed by atoms with Gasteiger partial charge < -0.3 is 47.6 Å². The zero-order chi connectivity index (χ0) is 47.4. The average Bonchev–Trinajstić information content (AvgIpc) is 3.14. The first-order valence-corrected chi connectivity index (χ1v) is 24.6. The van der Waals surface area contributed by atoms with E-state index in [2.05, 4.69) is 45.7 Å². The summed E-state index contributed by atoms with van der Waals surface area (Å²) in [4.78, 5) is -2.92. The van der Waals surface area contributed by atoms with E-state index in [4.69, 9.17) is 35.0 Å². The quantitative estimate of drug-likeness (QED) is 0.0269. The SMILES string of the molecule is O=S(=O)([O-])O.O=S(=O)([O-])O.[CH2-]CS(=O)(=O)c1ccc(N=Nc2c(NC)ccc3c(O)c(N=Nc4ccc5cc(S(=O)(=O)C[CH2-])cc(S(=O)(=O)[O-])c5c4O)[c-]cc23)c(S(=O)(=O)[O-])c1.[Cu].[Na+].[Na+].[Na+].[Na+].[Na+]. The maximum Gasteiger partial charge on any atom is 1.00 e. The molecule has 5 aromatic rings. The van der Waals surface area contributed by atoms with E-state index in [9.17, 15) is 53.0 Å². The summed E-state index contributed by atoms with van der Waals surface area (Å²) >= 11 is 0. The smallest absolute Gasteiger partial charge is 0.744 e. The van der Waals surface area contributed by atoms with Crippen molar-refractivity contribution in [3.63, 3.8) is 0 Å². The zero-order valence-electron chi connectivity index (χ0n) is 36.0. The number of benzene rings is 5. The number of phenolic OH excluding ortho intramolecular Hbond substituents is 2. The first-order chi connectivity index (χ1) is 28.2. The van der Waals surface area contributed by atoms with Crippen LogP contribution >= 0.6 is 0 Å². The van der Waals surface area contributed by atoms with Crippen LogP contribution in [0.5, 0.6) is 11.5 Å². The number of sulfone groups is 2. The van der Waals surface area contributed by atoms with E-state index in [1.165, 1.54) is 31.3 Å². The summed E-state index contributed by atoms with van der Waals surface area (Å²) in [6, 6.07) is 13.6. The molecule has 5 N–H and O–H groups in total. The van der Waals surface area contributed by atoms with Crippen molar-refractivity contribution in [2.24, 2.45) is 20.5 Å². The van der Waals surface area contributed by atoms with Gasteiger partial charge in [-0.15, -0.1) is 5.11 Å². The molecule has 68 heavy (non-hydrogen) atoms. The maximum atomic E-state index is 12.4. The fourth-order valence-electron chi connectivity index (χ4n) is 4.93. The number of nitrogens with one attached hydrogen (secondary N) is 1. The van der Waals surface area contributed by atoms with Gasteiger partial charge in [0.1, 0.15) is 31.6 Å². The Balaban J connectivity index is -0.00000116. The Kier molecular flexibility index (Phi) is 32.9. The van der Waals surface area contributed by atoms with Crippen molar-refractivity contribution in [2.45, 2.75) is 19.6 Å². The zero-order valence-corrected chi connectivity index (χ0v) is 51.8. The van der Waals surface area contributed by atoms with Gasteiger partial charge in [0.25, 0.3) is 0 Å². The van der Waals surface area contributed by atoms with E-state index < -0.39 is 114 Å². The Morgan fingerprint density at radius 3 is 1.51 bits per heavy atom. The van der Waals surface area contributed by atoms with E-state index in [-0.39, 0.29) is 198 Å². The molecule has 0 bridgehead atoms. The van der Waals surface area contributed by atoms with Crippen LogP contribution in [0.4, 0.5) is 28.4 Å². The topological polar surface area (TPSA) is 439 Å². The van der Waals surface area contributed by atoms with Crippen LogP contribution in [-0.4, -0.2) is 107 Å². The standard InChI is InChI=1S/C31H26N5O12S4.Cu.5Na.2H2O4S/c1-4-49(39,40)18-7-11-22(26(15-18)51(43,44)45)33-36-29-20-8-13-24(30(37)21(20)9-12-23(29)32-3)34-35-25-10-6-17-14-19(50(41,42)5-2)16-27(52(46,47)48)28(17)31(25)38;;;;;;;2*1-5(2,3)4/h6-12,14-16,32,37-38H,1-2,4-5H2,3H3,(H,43,44,45)(H,46,47,48);;;;;;;2*(H2,1,2,3,4)/q-3;;5*+1;;/p-4. The minimum absolute atomic E-state index is 0. The van der Waals surface area contributed by atoms with Crippen molar-refractivity contribution in [1.29, 1.82) is 0 Å². The molecule has 5 aromatic carbocycles.